The van der Waals surface area contributed by atoms with Crippen LogP contribution in [0.4, 0.5) is 5.69 Å². The van der Waals surface area contributed by atoms with Crippen molar-refractivity contribution in [1.82, 2.24) is 4.72 Å². The molecule has 0 fully saturated rings. The minimum atomic E-state index is -4.43. The van der Waals surface area contributed by atoms with E-state index in [2.05, 4.69) is 0 Å². The monoisotopic (exact) mass is 366 g/mol. The molecule has 3 N–H and O–H groups in total. The van der Waals surface area contributed by atoms with Gasteiger partial charge in [-0.15, -0.1) is 0 Å². The molecule has 0 heterocycles. The largest absolute Gasteiger partial charge is 0.508 e. The lowest BCUT2D eigenvalue weighted by Gasteiger charge is -2.15. The van der Waals surface area contributed by atoms with Crippen molar-refractivity contribution in [2.75, 3.05) is 0 Å². The van der Waals surface area contributed by atoms with Gasteiger partial charge in [0.05, 0.1) is 4.92 Å². The summed E-state index contributed by atoms with van der Waals surface area (Å²) in [7, 11) is -4.43. The van der Waals surface area contributed by atoms with Crippen LogP contribution in [0.1, 0.15) is 5.56 Å². The molecule has 1 unspecified atom stereocenters. The molecular formula is C15H14N2O7S. The number of nitrogens with one attached hydrogen (secondary N) is 1. The number of sulfonamides is 1. The first-order chi connectivity index (χ1) is 11.7. The summed E-state index contributed by atoms with van der Waals surface area (Å²) in [5.41, 5.74) is -0.181. The van der Waals surface area contributed by atoms with Gasteiger partial charge in [0.15, 0.2) is 4.90 Å². The zero-order valence-corrected chi connectivity index (χ0v) is 13.5. The summed E-state index contributed by atoms with van der Waals surface area (Å²) in [6.45, 7) is 0. The maximum atomic E-state index is 12.4. The van der Waals surface area contributed by atoms with Gasteiger partial charge in [0, 0.05) is 6.07 Å². The molecule has 2 rings (SSSR count). The lowest BCUT2D eigenvalue weighted by molar-refractivity contribution is -0.387. The van der Waals surface area contributed by atoms with Gasteiger partial charge in [-0.2, -0.15) is 4.72 Å². The van der Waals surface area contributed by atoms with E-state index in [4.69, 9.17) is 0 Å². The second-order valence-electron chi connectivity index (χ2n) is 5.11. The van der Waals surface area contributed by atoms with Gasteiger partial charge >= 0.3 is 5.97 Å². The van der Waals surface area contributed by atoms with Crippen LogP contribution in [0.2, 0.25) is 0 Å². The first kappa shape index (κ1) is 18.4. The SMILES string of the molecule is O=C(O)C(Cc1ccc(O)cc1)NS(=O)(=O)c1ccccc1[N+](=O)[O-]. The number of nitro groups is 1. The van der Waals surface area contributed by atoms with Crippen molar-refractivity contribution in [3.63, 3.8) is 0 Å². The predicted molar refractivity (Wildman–Crippen MR) is 86.7 cm³/mol. The van der Waals surface area contributed by atoms with Crippen molar-refractivity contribution in [3.05, 3.63) is 64.2 Å². The molecule has 0 amide bonds. The Balaban J connectivity index is 2.31. The summed E-state index contributed by atoms with van der Waals surface area (Å²) < 4.78 is 26.8. The summed E-state index contributed by atoms with van der Waals surface area (Å²) in [5, 5.41) is 29.5. The van der Waals surface area contributed by atoms with Crippen LogP contribution >= 0.6 is 0 Å². The number of carbonyl (C=O) groups is 1. The van der Waals surface area contributed by atoms with Gasteiger partial charge in [-0.1, -0.05) is 24.3 Å². The summed E-state index contributed by atoms with van der Waals surface area (Å²) in [5.74, 6) is -1.45. The lowest BCUT2D eigenvalue weighted by Crippen LogP contribution is -2.42. The smallest absolute Gasteiger partial charge is 0.322 e. The quantitative estimate of drug-likeness (QED) is 0.494. The fourth-order valence-electron chi connectivity index (χ4n) is 2.13. The van der Waals surface area contributed by atoms with E-state index in [0.29, 0.717) is 5.56 Å². The van der Waals surface area contributed by atoms with E-state index in [9.17, 15) is 33.5 Å². The zero-order chi connectivity index (χ0) is 18.6. The van der Waals surface area contributed by atoms with Gasteiger partial charge in [0.25, 0.3) is 5.69 Å². The number of carboxylic acid groups (broad SMARTS) is 1. The molecule has 1 atom stereocenters. The highest BCUT2D eigenvalue weighted by molar-refractivity contribution is 7.89. The summed E-state index contributed by atoms with van der Waals surface area (Å²) >= 11 is 0. The van der Waals surface area contributed by atoms with E-state index in [-0.39, 0.29) is 12.2 Å². The average Bonchev–Trinajstić information content (AvgIpc) is 2.56. The fourth-order valence-corrected chi connectivity index (χ4v) is 3.49. The second-order valence-corrected chi connectivity index (χ2v) is 6.79. The molecule has 2 aromatic rings. The summed E-state index contributed by atoms with van der Waals surface area (Å²) in [6, 6.07) is 8.70. The molecule has 0 radical (unpaired) electrons. The van der Waals surface area contributed by atoms with Crippen molar-refractivity contribution < 1.29 is 28.3 Å². The Morgan fingerprint density at radius 2 is 1.76 bits per heavy atom. The summed E-state index contributed by atoms with van der Waals surface area (Å²) in [4.78, 5) is 20.9. The number of hydrogen-bond donors (Lipinski definition) is 3. The number of hydrogen-bond acceptors (Lipinski definition) is 6. The Hall–Kier alpha value is -2.98. The van der Waals surface area contributed by atoms with Crippen LogP contribution in [0, 0.1) is 10.1 Å². The van der Waals surface area contributed by atoms with Gasteiger partial charge < -0.3 is 10.2 Å². The minimum absolute atomic E-state index is 0.0175. The van der Waals surface area contributed by atoms with Crippen molar-refractivity contribution in [3.8, 4) is 5.75 Å². The minimum Gasteiger partial charge on any atom is -0.508 e. The third-order valence-electron chi connectivity index (χ3n) is 3.32. The van der Waals surface area contributed by atoms with Gasteiger partial charge in [-0.05, 0) is 30.2 Å². The van der Waals surface area contributed by atoms with Crippen LogP contribution in [-0.4, -0.2) is 35.6 Å². The van der Waals surface area contributed by atoms with Gasteiger partial charge in [0.2, 0.25) is 10.0 Å². The van der Waals surface area contributed by atoms with E-state index >= 15 is 0 Å². The van der Waals surface area contributed by atoms with E-state index in [1.165, 1.54) is 36.4 Å². The standard InChI is InChI=1S/C15H14N2O7S/c18-11-7-5-10(6-8-11)9-12(15(19)20)16-25(23,24)14-4-2-1-3-13(14)17(21)22/h1-8,12,16,18H,9H2,(H,19,20). The Labute approximate surface area is 142 Å². The maximum Gasteiger partial charge on any atom is 0.322 e. The Bertz CT molecular complexity index is 894. The lowest BCUT2D eigenvalue weighted by atomic mass is 10.1. The number of aromatic hydroxyl groups is 1. The molecule has 10 heteroatoms. The molecule has 0 aliphatic carbocycles. The third kappa shape index (κ3) is 4.52. The predicted octanol–water partition coefficient (Wildman–Crippen LogP) is 1.27. The molecule has 2 aromatic carbocycles. The van der Waals surface area contributed by atoms with Crippen LogP contribution in [0.5, 0.6) is 5.75 Å². The molecule has 0 saturated carbocycles. The van der Waals surface area contributed by atoms with E-state index in [0.717, 1.165) is 12.1 Å². The van der Waals surface area contributed by atoms with Crippen molar-refractivity contribution in [1.29, 1.82) is 0 Å². The third-order valence-corrected chi connectivity index (χ3v) is 4.84. The molecule has 0 bridgehead atoms. The Morgan fingerprint density at radius 3 is 2.32 bits per heavy atom. The van der Waals surface area contributed by atoms with E-state index in [1.807, 2.05) is 4.72 Å². The molecule has 0 aliphatic rings. The highest BCUT2D eigenvalue weighted by atomic mass is 32.2. The van der Waals surface area contributed by atoms with Gasteiger partial charge in [-0.3, -0.25) is 14.9 Å². The second kappa shape index (κ2) is 7.28. The highest BCUT2D eigenvalue weighted by Crippen LogP contribution is 2.23. The number of aliphatic carboxylic acids is 1. The fraction of sp³-hybridized carbons (Fsp3) is 0.133. The number of para-hydroxylation sites is 1. The highest BCUT2D eigenvalue weighted by Gasteiger charge is 2.30. The molecule has 0 spiro atoms. The van der Waals surface area contributed by atoms with Gasteiger partial charge in [-0.25, -0.2) is 8.42 Å². The number of benzene rings is 2. The number of carboxylic acids is 1. The van der Waals surface area contributed by atoms with Crippen molar-refractivity contribution >= 4 is 21.7 Å². The topological polar surface area (TPSA) is 147 Å². The molecule has 9 nitrogen and oxygen atoms in total. The van der Waals surface area contributed by atoms with Crippen LogP contribution in [-0.2, 0) is 21.2 Å². The average molecular weight is 366 g/mol. The molecular weight excluding hydrogens is 352 g/mol. The first-order valence-corrected chi connectivity index (χ1v) is 8.45. The summed E-state index contributed by atoms with van der Waals surface area (Å²) in [6.07, 6.45) is -0.199. The number of rotatable bonds is 7. The molecule has 0 aliphatic heterocycles. The number of phenols is 1. The van der Waals surface area contributed by atoms with Crippen molar-refractivity contribution in [2.45, 2.75) is 17.4 Å². The molecule has 132 valence electrons. The first-order valence-electron chi connectivity index (χ1n) is 6.97. The van der Waals surface area contributed by atoms with E-state index < -0.39 is 37.5 Å². The van der Waals surface area contributed by atoms with Crippen molar-refractivity contribution in [2.24, 2.45) is 0 Å². The van der Waals surface area contributed by atoms with Crippen LogP contribution < -0.4 is 4.72 Å². The molecule has 0 aromatic heterocycles. The van der Waals surface area contributed by atoms with E-state index in [1.54, 1.807) is 0 Å². The zero-order valence-electron chi connectivity index (χ0n) is 12.7. The normalized spacial score (nSPS) is 12.5. The maximum absolute atomic E-state index is 12.4. The number of nitro benzene ring substituents is 1. The van der Waals surface area contributed by atoms with Crippen LogP contribution in [0.3, 0.4) is 0 Å². The molecule has 25 heavy (non-hydrogen) atoms. The molecule has 0 saturated heterocycles. The Morgan fingerprint density at radius 1 is 1.16 bits per heavy atom. The number of phenolic OH excluding ortho intramolecular Hbond substituents is 1. The number of nitrogens with zero attached hydrogens (tertiary/aromatic N) is 1. The van der Waals surface area contributed by atoms with Crippen LogP contribution in [0.25, 0.3) is 0 Å². The van der Waals surface area contributed by atoms with Crippen LogP contribution in [0.15, 0.2) is 53.4 Å². The van der Waals surface area contributed by atoms with Gasteiger partial charge in [0.1, 0.15) is 11.8 Å². The Kier molecular flexibility index (Phi) is 5.35.